The van der Waals surface area contributed by atoms with Crippen LogP contribution >= 0.6 is 0 Å². The third-order valence-corrected chi connectivity index (χ3v) is 1.46. The lowest BCUT2D eigenvalue weighted by atomic mass is 10.1. The first kappa shape index (κ1) is 7.71. The topological polar surface area (TPSA) is 72.5 Å². The van der Waals surface area contributed by atoms with Gasteiger partial charge in [0.2, 0.25) is 5.91 Å². The van der Waals surface area contributed by atoms with Crippen molar-refractivity contribution in [2.45, 2.75) is 0 Å². The number of nitrogens with one attached hydrogen (secondary N) is 1. The molecule has 0 bridgehead atoms. The minimum atomic E-state index is -1.24. The molecule has 0 aromatic heterocycles. The second-order valence-electron chi connectivity index (χ2n) is 2.14. The van der Waals surface area contributed by atoms with E-state index < -0.39 is 23.6 Å². The van der Waals surface area contributed by atoms with Crippen LogP contribution < -0.4 is 5.32 Å². The third kappa shape index (κ3) is 1.21. The molecule has 0 saturated carbocycles. The Morgan fingerprint density at radius 1 is 1.64 bits per heavy atom. The minimum absolute atomic E-state index is 0.0708. The highest BCUT2D eigenvalue weighted by atomic mass is 16.5. The van der Waals surface area contributed by atoms with Crippen LogP contribution in [0.2, 0.25) is 0 Å². The summed E-state index contributed by atoms with van der Waals surface area (Å²) in [6.45, 7) is -0.0708. The van der Waals surface area contributed by atoms with Gasteiger partial charge in [-0.25, -0.2) is 0 Å². The molecular formula is C6H7NO4. The molecule has 0 radical (unpaired) electrons. The fourth-order valence-electron chi connectivity index (χ4n) is 0.881. The summed E-state index contributed by atoms with van der Waals surface area (Å²) in [5.74, 6) is -3.02. The molecule has 0 spiro atoms. The summed E-state index contributed by atoms with van der Waals surface area (Å²) in [7, 11) is 1.14. The molecule has 1 fully saturated rings. The number of Topliss-reactive ketones (excluding diaryl/α,β-unsaturated/α-hetero) is 1. The van der Waals surface area contributed by atoms with Gasteiger partial charge in [-0.2, -0.15) is 0 Å². The molecule has 1 rings (SSSR count). The first-order chi connectivity index (χ1) is 5.16. The maximum absolute atomic E-state index is 10.8. The molecule has 1 heterocycles. The Labute approximate surface area is 62.7 Å². The Kier molecular flexibility index (Phi) is 1.89. The van der Waals surface area contributed by atoms with Gasteiger partial charge in [-0.1, -0.05) is 0 Å². The zero-order valence-electron chi connectivity index (χ0n) is 5.92. The van der Waals surface area contributed by atoms with Crippen LogP contribution in [0.4, 0.5) is 0 Å². The molecule has 11 heavy (non-hydrogen) atoms. The summed E-state index contributed by atoms with van der Waals surface area (Å²) in [4.78, 5) is 32.3. The van der Waals surface area contributed by atoms with Gasteiger partial charge in [-0.3, -0.25) is 14.4 Å². The molecule has 1 aliphatic rings. The number of ketones is 1. The molecule has 5 nitrogen and oxygen atoms in total. The number of hydrogen-bond acceptors (Lipinski definition) is 4. The Morgan fingerprint density at radius 3 is 2.64 bits per heavy atom. The number of methoxy groups -OCH3 is 1. The summed E-state index contributed by atoms with van der Waals surface area (Å²) in [6.07, 6.45) is 0. The van der Waals surface area contributed by atoms with Crippen LogP contribution in [0.25, 0.3) is 0 Å². The van der Waals surface area contributed by atoms with Crippen LogP contribution in [0, 0.1) is 5.92 Å². The van der Waals surface area contributed by atoms with Crippen LogP contribution in [0.15, 0.2) is 0 Å². The lowest BCUT2D eigenvalue weighted by molar-refractivity contribution is -0.150. The van der Waals surface area contributed by atoms with E-state index in [1.807, 2.05) is 0 Å². The minimum Gasteiger partial charge on any atom is -0.468 e. The molecule has 1 aliphatic heterocycles. The number of carbonyl (C=O) groups is 3. The Balaban J connectivity index is 2.76. The van der Waals surface area contributed by atoms with Crippen molar-refractivity contribution in [1.82, 2.24) is 5.32 Å². The monoisotopic (exact) mass is 157 g/mol. The van der Waals surface area contributed by atoms with Crippen molar-refractivity contribution >= 4 is 17.7 Å². The fraction of sp³-hybridized carbons (Fsp3) is 0.500. The van der Waals surface area contributed by atoms with Crippen molar-refractivity contribution in [3.8, 4) is 0 Å². The number of hydrogen-bond donors (Lipinski definition) is 1. The first-order valence-electron chi connectivity index (χ1n) is 3.05. The van der Waals surface area contributed by atoms with E-state index in [9.17, 15) is 14.4 Å². The smallest absolute Gasteiger partial charge is 0.325 e. The number of rotatable bonds is 1. The summed E-state index contributed by atoms with van der Waals surface area (Å²) in [5.41, 5.74) is 0. The average molecular weight is 157 g/mol. The van der Waals surface area contributed by atoms with Crippen LogP contribution in [-0.4, -0.2) is 31.3 Å². The molecule has 0 aromatic carbocycles. The first-order valence-corrected chi connectivity index (χ1v) is 3.05. The largest absolute Gasteiger partial charge is 0.468 e. The van der Waals surface area contributed by atoms with Crippen LogP contribution in [0.3, 0.4) is 0 Å². The van der Waals surface area contributed by atoms with Gasteiger partial charge in [0.05, 0.1) is 13.7 Å². The van der Waals surface area contributed by atoms with Crippen molar-refractivity contribution in [2.75, 3.05) is 13.7 Å². The lowest BCUT2D eigenvalue weighted by Gasteiger charge is -2.00. The maximum Gasteiger partial charge on any atom is 0.325 e. The standard InChI is InChI=1S/C6H7NO4/c1-11-6(10)4-3(8)2-7-5(4)9/h4H,2H2,1H3,(H,7,9). The van der Waals surface area contributed by atoms with E-state index in [-0.39, 0.29) is 6.54 Å². The van der Waals surface area contributed by atoms with Gasteiger partial charge in [0.15, 0.2) is 11.7 Å². The average Bonchev–Trinajstić information content (AvgIpc) is 2.30. The molecule has 5 heteroatoms. The van der Waals surface area contributed by atoms with Crippen molar-refractivity contribution < 1.29 is 19.1 Å². The molecule has 0 aromatic rings. The molecule has 0 aliphatic carbocycles. The van der Waals surface area contributed by atoms with Crippen molar-refractivity contribution in [1.29, 1.82) is 0 Å². The summed E-state index contributed by atoms with van der Waals surface area (Å²) >= 11 is 0. The molecule has 1 N–H and O–H groups in total. The van der Waals surface area contributed by atoms with E-state index in [1.54, 1.807) is 0 Å². The van der Waals surface area contributed by atoms with Crippen molar-refractivity contribution in [3.63, 3.8) is 0 Å². The highest BCUT2D eigenvalue weighted by molar-refractivity contribution is 6.21. The van der Waals surface area contributed by atoms with E-state index in [1.165, 1.54) is 0 Å². The van der Waals surface area contributed by atoms with Gasteiger partial charge in [-0.15, -0.1) is 0 Å². The second-order valence-corrected chi connectivity index (χ2v) is 2.14. The van der Waals surface area contributed by atoms with Crippen molar-refractivity contribution in [2.24, 2.45) is 5.92 Å². The van der Waals surface area contributed by atoms with Gasteiger partial charge in [-0.05, 0) is 0 Å². The number of esters is 1. The van der Waals surface area contributed by atoms with Crippen LogP contribution in [0.1, 0.15) is 0 Å². The summed E-state index contributed by atoms with van der Waals surface area (Å²) in [6, 6.07) is 0. The van der Waals surface area contributed by atoms with Gasteiger partial charge >= 0.3 is 5.97 Å². The SMILES string of the molecule is COC(=O)C1C(=O)CNC1=O. The predicted molar refractivity (Wildman–Crippen MR) is 33.5 cm³/mol. The Bertz CT molecular complexity index is 207. The van der Waals surface area contributed by atoms with E-state index in [2.05, 4.69) is 10.1 Å². The van der Waals surface area contributed by atoms with Crippen LogP contribution in [0.5, 0.6) is 0 Å². The zero-order valence-corrected chi connectivity index (χ0v) is 5.92. The quantitative estimate of drug-likeness (QED) is 0.370. The lowest BCUT2D eigenvalue weighted by Crippen LogP contribution is -2.28. The summed E-state index contributed by atoms with van der Waals surface area (Å²) < 4.78 is 4.25. The molecule has 60 valence electrons. The second kappa shape index (κ2) is 2.69. The Hall–Kier alpha value is -1.39. The summed E-state index contributed by atoms with van der Waals surface area (Å²) in [5, 5.41) is 2.25. The van der Waals surface area contributed by atoms with E-state index >= 15 is 0 Å². The molecular weight excluding hydrogens is 150 g/mol. The number of carbonyl (C=O) groups excluding carboxylic acids is 3. The maximum atomic E-state index is 10.8. The molecule has 1 unspecified atom stereocenters. The van der Waals surface area contributed by atoms with E-state index in [0.29, 0.717) is 0 Å². The van der Waals surface area contributed by atoms with Gasteiger partial charge in [0.1, 0.15) is 0 Å². The highest BCUT2D eigenvalue weighted by Crippen LogP contribution is 2.06. The van der Waals surface area contributed by atoms with Gasteiger partial charge in [0, 0.05) is 0 Å². The van der Waals surface area contributed by atoms with Crippen molar-refractivity contribution in [3.05, 3.63) is 0 Å². The van der Waals surface area contributed by atoms with Gasteiger partial charge < -0.3 is 10.1 Å². The fourth-order valence-corrected chi connectivity index (χ4v) is 0.881. The third-order valence-electron chi connectivity index (χ3n) is 1.46. The zero-order chi connectivity index (χ0) is 8.43. The van der Waals surface area contributed by atoms with Crippen LogP contribution in [-0.2, 0) is 19.1 Å². The Morgan fingerprint density at radius 2 is 2.27 bits per heavy atom. The normalized spacial score (nSPS) is 23.2. The van der Waals surface area contributed by atoms with E-state index in [0.717, 1.165) is 7.11 Å². The number of amides is 1. The van der Waals surface area contributed by atoms with E-state index in [4.69, 9.17) is 0 Å². The predicted octanol–water partition coefficient (Wildman–Crippen LogP) is -1.53. The number of ether oxygens (including phenoxy) is 1. The molecule has 1 saturated heterocycles. The molecule has 1 atom stereocenters. The van der Waals surface area contributed by atoms with Gasteiger partial charge in [0.25, 0.3) is 0 Å². The molecule has 1 amide bonds. The highest BCUT2D eigenvalue weighted by Gasteiger charge is 2.39.